The van der Waals surface area contributed by atoms with E-state index in [2.05, 4.69) is 28.3 Å². The molecule has 1 aromatic carbocycles. The lowest BCUT2D eigenvalue weighted by Gasteiger charge is -2.31. The molecule has 1 fully saturated rings. The molecule has 1 amide bonds. The highest BCUT2D eigenvalue weighted by molar-refractivity contribution is 5.85. The molecular formula is C20H25N3O2. The van der Waals surface area contributed by atoms with Gasteiger partial charge >= 0.3 is 0 Å². The van der Waals surface area contributed by atoms with Crippen LogP contribution in [0.2, 0.25) is 0 Å². The van der Waals surface area contributed by atoms with Crippen molar-refractivity contribution < 1.29 is 9.32 Å². The summed E-state index contributed by atoms with van der Waals surface area (Å²) in [6.07, 6.45) is 4.99. The van der Waals surface area contributed by atoms with Crippen molar-refractivity contribution in [2.75, 3.05) is 6.54 Å². The SMILES string of the molecule is CC(C)c1nc([C@@H]2CCCN2C(=O)[C@H]2CCCc3ccccc32)no1. The second-order valence-electron chi connectivity index (χ2n) is 7.48. The van der Waals surface area contributed by atoms with Crippen LogP contribution in [0.5, 0.6) is 0 Å². The predicted octanol–water partition coefficient (Wildman–Crippen LogP) is 3.98. The third kappa shape index (κ3) is 2.96. The van der Waals surface area contributed by atoms with E-state index in [1.807, 2.05) is 24.8 Å². The maximum atomic E-state index is 13.3. The first kappa shape index (κ1) is 16.3. The molecule has 2 heterocycles. The van der Waals surface area contributed by atoms with Crippen LogP contribution in [-0.4, -0.2) is 27.5 Å². The van der Waals surface area contributed by atoms with E-state index < -0.39 is 0 Å². The highest BCUT2D eigenvalue weighted by Gasteiger charge is 2.38. The largest absolute Gasteiger partial charge is 0.339 e. The Morgan fingerprint density at radius 3 is 2.88 bits per heavy atom. The third-order valence-corrected chi connectivity index (χ3v) is 5.45. The number of hydrogen-bond donors (Lipinski definition) is 0. The molecule has 0 bridgehead atoms. The van der Waals surface area contributed by atoms with Crippen LogP contribution in [0.15, 0.2) is 28.8 Å². The van der Waals surface area contributed by atoms with Crippen LogP contribution in [0, 0.1) is 0 Å². The average molecular weight is 339 g/mol. The minimum absolute atomic E-state index is 0.0259. The number of carbonyl (C=O) groups is 1. The first-order valence-corrected chi connectivity index (χ1v) is 9.37. The van der Waals surface area contributed by atoms with Gasteiger partial charge in [-0.2, -0.15) is 4.98 Å². The summed E-state index contributed by atoms with van der Waals surface area (Å²) in [5, 5.41) is 4.16. The fourth-order valence-corrected chi connectivity index (χ4v) is 4.13. The van der Waals surface area contributed by atoms with Crippen LogP contribution in [0.1, 0.15) is 80.3 Å². The van der Waals surface area contributed by atoms with E-state index >= 15 is 0 Å². The second kappa shape index (κ2) is 6.62. The van der Waals surface area contributed by atoms with Crippen molar-refractivity contribution in [3.8, 4) is 0 Å². The molecule has 4 rings (SSSR count). The molecule has 0 unspecified atom stereocenters. The Balaban J connectivity index is 1.59. The van der Waals surface area contributed by atoms with Gasteiger partial charge in [0, 0.05) is 12.5 Å². The number of fused-ring (bicyclic) bond motifs is 1. The van der Waals surface area contributed by atoms with Gasteiger partial charge in [-0.25, -0.2) is 0 Å². The Morgan fingerprint density at radius 1 is 1.24 bits per heavy atom. The molecule has 5 heteroatoms. The van der Waals surface area contributed by atoms with Crippen LogP contribution >= 0.6 is 0 Å². The number of likely N-dealkylation sites (tertiary alicyclic amines) is 1. The molecule has 1 saturated heterocycles. The highest BCUT2D eigenvalue weighted by Crippen LogP contribution is 2.38. The zero-order valence-corrected chi connectivity index (χ0v) is 14.9. The highest BCUT2D eigenvalue weighted by atomic mass is 16.5. The molecule has 1 aliphatic heterocycles. The molecule has 132 valence electrons. The maximum absolute atomic E-state index is 13.3. The normalized spacial score (nSPS) is 23.1. The van der Waals surface area contributed by atoms with E-state index in [9.17, 15) is 4.79 Å². The lowest BCUT2D eigenvalue weighted by molar-refractivity contribution is -0.134. The van der Waals surface area contributed by atoms with Gasteiger partial charge in [-0.15, -0.1) is 0 Å². The Kier molecular flexibility index (Phi) is 4.32. The first-order chi connectivity index (χ1) is 12.1. The Hall–Kier alpha value is -2.17. The standard InChI is InChI=1S/C20H25N3O2/c1-13(2)19-21-18(22-25-19)17-11-6-12-23(17)20(24)16-10-5-8-14-7-3-4-9-15(14)16/h3-4,7,9,13,16-17H,5-6,8,10-12H2,1-2H3/t16-,17-/m0/s1. The summed E-state index contributed by atoms with van der Waals surface area (Å²) in [7, 11) is 0. The van der Waals surface area contributed by atoms with Gasteiger partial charge < -0.3 is 9.42 Å². The monoisotopic (exact) mass is 339 g/mol. The van der Waals surface area contributed by atoms with Crippen LogP contribution in [0.3, 0.4) is 0 Å². The molecule has 5 nitrogen and oxygen atoms in total. The van der Waals surface area contributed by atoms with Crippen LogP contribution in [-0.2, 0) is 11.2 Å². The van der Waals surface area contributed by atoms with Crippen molar-refractivity contribution in [3.63, 3.8) is 0 Å². The van der Waals surface area contributed by atoms with E-state index in [-0.39, 0.29) is 23.8 Å². The van der Waals surface area contributed by atoms with Crippen molar-refractivity contribution in [1.29, 1.82) is 0 Å². The van der Waals surface area contributed by atoms with E-state index in [1.54, 1.807) is 0 Å². The molecule has 2 aliphatic rings. The zero-order chi connectivity index (χ0) is 17.4. The number of amides is 1. The number of aryl methyl sites for hydroxylation is 1. The van der Waals surface area contributed by atoms with Gasteiger partial charge in [-0.05, 0) is 43.2 Å². The summed E-state index contributed by atoms with van der Waals surface area (Å²) < 4.78 is 5.37. The molecule has 0 saturated carbocycles. The Bertz CT molecular complexity index is 768. The fourth-order valence-electron chi connectivity index (χ4n) is 4.13. The van der Waals surface area contributed by atoms with Crippen LogP contribution in [0.4, 0.5) is 0 Å². The van der Waals surface area contributed by atoms with Crippen molar-refractivity contribution in [3.05, 3.63) is 47.1 Å². The van der Waals surface area contributed by atoms with E-state index in [1.165, 1.54) is 11.1 Å². The first-order valence-electron chi connectivity index (χ1n) is 9.37. The number of aromatic nitrogens is 2. The minimum atomic E-state index is -0.0437. The number of nitrogens with zero attached hydrogens (tertiary/aromatic N) is 3. The summed E-state index contributed by atoms with van der Waals surface area (Å²) in [6, 6.07) is 8.34. The molecular weight excluding hydrogens is 314 g/mol. The quantitative estimate of drug-likeness (QED) is 0.849. The minimum Gasteiger partial charge on any atom is -0.339 e. The third-order valence-electron chi connectivity index (χ3n) is 5.45. The van der Waals surface area contributed by atoms with Gasteiger partial charge in [0.25, 0.3) is 0 Å². The van der Waals surface area contributed by atoms with Crippen LogP contribution < -0.4 is 0 Å². The summed E-state index contributed by atoms with van der Waals surface area (Å²) >= 11 is 0. The number of carbonyl (C=O) groups excluding carboxylic acids is 1. The summed E-state index contributed by atoms with van der Waals surface area (Å²) in [4.78, 5) is 19.9. The van der Waals surface area contributed by atoms with E-state index in [0.29, 0.717) is 11.7 Å². The smallest absolute Gasteiger partial charge is 0.230 e. The molecule has 1 aliphatic carbocycles. The van der Waals surface area contributed by atoms with Gasteiger partial charge in [0.05, 0.1) is 12.0 Å². The summed E-state index contributed by atoms with van der Waals surface area (Å²) in [5.41, 5.74) is 2.53. The molecule has 2 aromatic rings. The maximum Gasteiger partial charge on any atom is 0.230 e. The van der Waals surface area contributed by atoms with Gasteiger partial charge in [-0.1, -0.05) is 43.3 Å². The lowest BCUT2D eigenvalue weighted by atomic mass is 9.82. The molecule has 0 radical (unpaired) electrons. The van der Waals surface area contributed by atoms with Gasteiger partial charge in [0.1, 0.15) is 0 Å². The van der Waals surface area contributed by atoms with E-state index in [4.69, 9.17) is 4.52 Å². The van der Waals surface area contributed by atoms with E-state index in [0.717, 1.165) is 38.6 Å². The second-order valence-corrected chi connectivity index (χ2v) is 7.48. The van der Waals surface area contributed by atoms with Gasteiger partial charge in [0.15, 0.2) is 5.82 Å². The topological polar surface area (TPSA) is 59.2 Å². The number of rotatable bonds is 3. The molecule has 0 N–H and O–H groups in total. The number of hydrogen-bond acceptors (Lipinski definition) is 4. The number of benzene rings is 1. The summed E-state index contributed by atoms with van der Waals surface area (Å²) in [5.74, 6) is 1.72. The van der Waals surface area contributed by atoms with Crippen LogP contribution in [0.25, 0.3) is 0 Å². The predicted molar refractivity (Wildman–Crippen MR) is 94.2 cm³/mol. The molecule has 1 aromatic heterocycles. The van der Waals surface area contributed by atoms with Crippen molar-refractivity contribution >= 4 is 5.91 Å². The lowest BCUT2D eigenvalue weighted by Crippen LogP contribution is -2.36. The average Bonchev–Trinajstić information content (AvgIpc) is 3.29. The van der Waals surface area contributed by atoms with Crippen molar-refractivity contribution in [2.24, 2.45) is 0 Å². The van der Waals surface area contributed by atoms with Crippen molar-refractivity contribution in [2.45, 2.75) is 63.8 Å². The summed E-state index contributed by atoms with van der Waals surface area (Å²) in [6.45, 7) is 4.86. The Morgan fingerprint density at radius 2 is 2.08 bits per heavy atom. The molecule has 2 atom stereocenters. The molecule has 0 spiro atoms. The molecule has 25 heavy (non-hydrogen) atoms. The fraction of sp³-hybridized carbons (Fsp3) is 0.550. The van der Waals surface area contributed by atoms with Gasteiger partial charge in [0.2, 0.25) is 11.8 Å². The zero-order valence-electron chi connectivity index (χ0n) is 14.9. The van der Waals surface area contributed by atoms with Gasteiger partial charge in [-0.3, -0.25) is 4.79 Å². The Labute approximate surface area is 148 Å². The van der Waals surface area contributed by atoms with Crippen molar-refractivity contribution in [1.82, 2.24) is 15.0 Å².